The van der Waals surface area contributed by atoms with Gasteiger partial charge in [0.15, 0.2) is 0 Å². The van der Waals surface area contributed by atoms with Gasteiger partial charge in [0.05, 0.1) is 11.6 Å². The molecular formula is C19H24N4O2S. The number of anilines is 1. The minimum atomic E-state index is 0.000548. The summed E-state index contributed by atoms with van der Waals surface area (Å²) in [5.41, 5.74) is 4.31. The lowest BCUT2D eigenvalue weighted by molar-refractivity contribution is 0.196. The molecule has 138 valence electrons. The number of carbonyl (C=O) groups excluding carboxylic acids is 1. The van der Waals surface area contributed by atoms with Crippen molar-refractivity contribution in [1.82, 2.24) is 15.4 Å². The summed E-state index contributed by atoms with van der Waals surface area (Å²) < 4.78 is 5.16. The van der Waals surface area contributed by atoms with Gasteiger partial charge in [-0.25, -0.2) is 4.79 Å². The van der Waals surface area contributed by atoms with Gasteiger partial charge < -0.3 is 19.6 Å². The van der Waals surface area contributed by atoms with Crippen LogP contribution in [-0.4, -0.2) is 48.1 Å². The van der Waals surface area contributed by atoms with Crippen molar-refractivity contribution in [2.75, 3.05) is 37.0 Å². The largest absolute Gasteiger partial charge is 0.367 e. The fourth-order valence-corrected chi connectivity index (χ4v) is 3.98. The van der Waals surface area contributed by atoms with Crippen molar-refractivity contribution in [3.8, 4) is 0 Å². The summed E-state index contributed by atoms with van der Waals surface area (Å²) in [6.07, 6.45) is 0. The lowest BCUT2D eigenvalue weighted by Crippen LogP contribution is -2.52. The number of nitrogens with one attached hydrogen (secondary N) is 1. The standard InChI is InChI=1S/C19H24N4O2S/c1-14-6-4-5-7-18(14)22-8-10-23(11-9-22)19(24)20-13-26-12-17-15(2)21-25-16(17)3/h5,7H,8-13H2,1-3H3,(H,20,24). The molecule has 3 rings (SSSR count). The Balaban J connectivity index is 1.41. The van der Waals surface area contributed by atoms with Crippen LogP contribution in [0.2, 0.25) is 0 Å². The van der Waals surface area contributed by atoms with E-state index >= 15 is 0 Å². The van der Waals surface area contributed by atoms with Gasteiger partial charge >= 0.3 is 6.03 Å². The molecule has 26 heavy (non-hydrogen) atoms. The molecule has 1 saturated heterocycles. The fraction of sp³-hybridized carbons (Fsp3) is 0.474. The van der Waals surface area contributed by atoms with Crippen LogP contribution in [0.5, 0.6) is 0 Å². The molecule has 0 atom stereocenters. The highest BCUT2D eigenvalue weighted by atomic mass is 32.2. The van der Waals surface area contributed by atoms with E-state index in [1.165, 1.54) is 5.69 Å². The van der Waals surface area contributed by atoms with Crippen molar-refractivity contribution < 1.29 is 9.32 Å². The number of hydrogen-bond donors (Lipinski definition) is 1. The van der Waals surface area contributed by atoms with Crippen molar-refractivity contribution in [2.24, 2.45) is 0 Å². The van der Waals surface area contributed by atoms with Crippen LogP contribution in [0, 0.1) is 32.9 Å². The molecule has 0 saturated carbocycles. The summed E-state index contributed by atoms with van der Waals surface area (Å²) in [5, 5.41) is 6.94. The second-order valence-corrected chi connectivity index (χ2v) is 7.35. The van der Waals surface area contributed by atoms with Crippen molar-refractivity contribution in [1.29, 1.82) is 0 Å². The van der Waals surface area contributed by atoms with Gasteiger partial charge in [-0.05, 0) is 32.9 Å². The predicted octanol–water partition coefficient (Wildman–Crippen LogP) is 2.92. The number of carbonyl (C=O) groups is 1. The maximum Gasteiger partial charge on any atom is 0.318 e. The van der Waals surface area contributed by atoms with Crippen LogP contribution in [0.3, 0.4) is 0 Å². The van der Waals surface area contributed by atoms with Crippen LogP contribution in [0.1, 0.15) is 22.6 Å². The van der Waals surface area contributed by atoms with E-state index in [0.29, 0.717) is 5.88 Å². The highest BCUT2D eigenvalue weighted by Gasteiger charge is 2.21. The minimum Gasteiger partial charge on any atom is -0.367 e. The predicted molar refractivity (Wildman–Crippen MR) is 103 cm³/mol. The molecule has 2 amide bonds. The van der Waals surface area contributed by atoms with Gasteiger partial charge in [-0.3, -0.25) is 0 Å². The van der Waals surface area contributed by atoms with E-state index in [1.807, 2.05) is 31.7 Å². The molecule has 1 aliphatic rings. The van der Waals surface area contributed by atoms with Gasteiger partial charge in [0, 0.05) is 48.7 Å². The van der Waals surface area contributed by atoms with E-state index in [0.717, 1.165) is 54.5 Å². The number of rotatable bonds is 5. The number of hydrogen-bond acceptors (Lipinski definition) is 5. The van der Waals surface area contributed by atoms with Gasteiger partial charge in [-0.1, -0.05) is 17.3 Å². The summed E-state index contributed by atoms with van der Waals surface area (Å²) >= 11 is 1.65. The van der Waals surface area contributed by atoms with Crippen LogP contribution in [-0.2, 0) is 5.75 Å². The van der Waals surface area contributed by atoms with Crippen molar-refractivity contribution >= 4 is 23.5 Å². The van der Waals surface area contributed by atoms with E-state index in [2.05, 4.69) is 33.6 Å². The summed E-state index contributed by atoms with van der Waals surface area (Å²) in [4.78, 5) is 16.5. The molecule has 0 spiro atoms. The molecular weight excluding hydrogens is 348 g/mol. The zero-order chi connectivity index (χ0) is 18.5. The number of amides is 2. The zero-order valence-electron chi connectivity index (χ0n) is 15.5. The van der Waals surface area contributed by atoms with E-state index in [9.17, 15) is 4.79 Å². The summed E-state index contributed by atoms with van der Waals surface area (Å²) in [5.74, 6) is 2.21. The zero-order valence-corrected chi connectivity index (χ0v) is 16.3. The van der Waals surface area contributed by atoms with Crippen molar-refractivity contribution in [3.63, 3.8) is 0 Å². The van der Waals surface area contributed by atoms with E-state index in [4.69, 9.17) is 4.52 Å². The van der Waals surface area contributed by atoms with Gasteiger partial charge in [0.25, 0.3) is 0 Å². The van der Waals surface area contributed by atoms with E-state index in [1.54, 1.807) is 11.8 Å². The fourth-order valence-electron chi connectivity index (χ4n) is 3.04. The average Bonchev–Trinajstić information content (AvgIpc) is 2.97. The third kappa shape index (κ3) is 4.25. The second kappa shape index (κ2) is 8.37. The first-order valence-electron chi connectivity index (χ1n) is 8.72. The Morgan fingerprint density at radius 3 is 2.73 bits per heavy atom. The smallest absolute Gasteiger partial charge is 0.318 e. The monoisotopic (exact) mass is 372 g/mol. The molecule has 0 bridgehead atoms. The molecule has 0 unspecified atom stereocenters. The summed E-state index contributed by atoms with van der Waals surface area (Å²) in [6.45, 7) is 9.00. The maximum absolute atomic E-state index is 12.3. The molecule has 0 aliphatic carbocycles. The molecule has 1 aromatic carbocycles. The Hall–Kier alpha value is -2.33. The lowest BCUT2D eigenvalue weighted by Gasteiger charge is -2.36. The van der Waals surface area contributed by atoms with Gasteiger partial charge in [0.2, 0.25) is 0 Å². The van der Waals surface area contributed by atoms with Gasteiger partial charge in [0.1, 0.15) is 5.76 Å². The topological polar surface area (TPSA) is 61.6 Å². The van der Waals surface area contributed by atoms with Gasteiger partial charge in [-0.15, -0.1) is 11.8 Å². The quantitative estimate of drug-likeness (QED) is 0.646. The molecule has 1 aliphatic heterocycles. The summed E-state index contributed by atoms with van der Waals surface area (Å²) in [7, 11) is 0. The molecule has 1 fully saturated rings. The number of piperazine rings is 1. The number of aryl methyl sites for hydroxylation is 2. The Labute approximate surface area is 158 Å². The Morgan fingerprint density at radius 2 is 2.08 bits per heavy atom. The maximum atomic E-state index is 12.3. The SMILES string of the molecule is Cc1c#cccc1N1CCN(C(=O)NCSCc2c(C)noc2C)CC1. The third-order valence-electron chi connectivity index (χ3n) is 4.63. The molecule has 7 heteroatoms. The van der Waals surface area contributed by atoms with Crippen molar-refractivity contribution in [2.45, 2.75) is 26.5 Å². The molecule has 2 aromatic rings. The average molecular weight is 372 g/mol. The van der Waals surface area contributed by atoms with E-state index in [-0.39, 0.29) is 6.03 Å². The number of urea groups is 1. The Bertz CT molecular complexity index is 734. The molecule has 1 N–H and O–H groups in total. The van der Waals surface area contributed by atoms with Crippen LogP contribution in [0.15, 0.2) is 16.7 Å². The first-order valence-corrected chi connectivity index (χ1v) is 9.88. The lowest BCUT2D eigenvalue weighted by atomic mass is 10.2. The molecule has 2 heterocycles. The number of nitrogens with zero attached hydrogens (tertiary/aromatic N) is 3. The number of thioether (sulfide) groups is 1. The van der Waals surface area contributed by atoms with E-state index < -0.39 is 0 Å². The highest BCUT2D eigenvalue weighted by Crippen LogP contribution is 2.20. The molecule has 0 radical (unpaired) electrons. The third-order valence-corrected chi connectivity index (χ3v) is 5.47. The molecule has 1 aromatic heterocycles. The molecule has 6 nitrogen and oxygen atoms in total. The van der Waals surface area contributed by atoms with Gasteiger partial charge in [-0.2, -0.15) is 0 Å². The first-order chi connectivity index (χ1) is 12.6. The van der Waals surface area contributed by atoms with Crippen molar-refractivity contribution in [3.05, 3.63) is 46.8 Å². The summed E-state index contributed by atoms with van der Waals surface area (Å²) in [6, 6.07) is 10.0. The Kier molecular flexibility index (Phi) is 5.94. The minimum absolute atomic E-state index is 0.000548. The number of aromatic nitrogens is 1. The van der Waals surface area contributed by atoms with Crippen LogP contribution >= 0.6 is 11.8 Å². The normalized spacial score (nSPS) is 14.3. The van der Waals surface area contributed by atoms with Crippen LogP contribution in [0.4, 0.5) is 10.5 Å². The first kappa shape index (κ1) is 18.5. The second-order valence-electron chi connectivity index (χ2n) is 6.36. The van der Waals surface area contributed by atoms with Crippen LogP contribution in [0.25, 0.3) is 0 Å². The highest BCUT2D eigenvalue weighted by molar-refractivity contribution is 7.98. The Morgan fingerprint density at radius 1 is 1.31 bits per heavy atom. The van der Waals surface area contributed by atoms with Crippen LogP contribution < -0.4 is 10.2 Å².